The molecule has 0 aliphatic heterocycles. The highest BCUT2D eigenvalue weighted by molar-refractivity contribution is 9.10. The molecule has 1 aromatic heterocycles. The van der Waals surface area contributed by atoms with Gasteiger partial charge in [0.25, 0.3) is 11.5 Å². The van der Waals surface area contributed by atoms with Crippen LogP contribution in [0.5, 0.6) is 11.5 Å². The minimum Gasteiger partial charge on any atom is -0.490 e. The highest BCUT2D eigenvalue weighted by atomic mass is 79.9. The van der Waals surface area contributed by atoms with Crippen molar-refractivity contribution in [2.75, 3.05) is 18.5 Å². The average Bonchev–Trinajstić information content (AvgIpc) is 2.93. The molecule has 13 heteroatoms. The zero-order chi connectivity index (χ0) is 29.7. The van der Waals surface area contributed by atoms with E-state index in [1.54, 1.807) is 49.4 Å². The smallest absolute Gasteiger partial charge is 0.315 e. The number of hydrogen-bond acceptors (Lipinski definition) is 8. The number of rotatable bonds is 10. The fraction of sp³-hybridized carbons (Fsp3) is 0.214. The molecule has 0 spiro atoms. The number of benzene rings is 3. The first-order chi connectivity index (χ1) is 19.6. The number of nitro groups is 1. The second-order valence-electron chi connectivity index (χ2n) is 9.05. The molecule has 0 radical (unpaired) electrons. The number of nitro benzene ring substituents is 1. The maximum absolute atomic E-state index is 13.3. The molecule has 4 rings (SSSR count). The van der Waals surface area contributed by atoms with Crippen LogP contribution in [-0.2, 0) is 4.79 Å². The lowest BCUT2D eigenvalue weighted by atomic mass is 10.1. The second-order valence-corrected chi connectivity index (χ2v) is 10.4. The van der Waals surface area contributed by atoms with E-state index in [0.717, 1.165) is 0 Å². The molecule has 4 aromatic rings. The first-order valence-corrected chi connectivity index (χ1v) is 13.6. The molecule has 0 saturated heterocycles. The van der Waals surface area contributed by atoms with Gasteiger partial charge in [-0.2, -0.15) is 9.78 Å². The van der Waals surface area contributed by atoms with Gasteiger partial charge in [0.15, 0.2) is 12.4 Å². The van der Waals surface area contributed by atoms with E-state index in [1.807, 2.05) is 13.8 Å². The number of carbonyl (C=O) groups is 1. The summed E-state index contributed by atoms with van der Waals surface area (Å²) in [6.07, 6.45) is 1.31. The van der Waals surface area contributed by atoms with Crippen molar-refractivity contribution in [1.82, 2.24) is 9.66 Å². The number of hydrogen-bond donors (Lipinski definition) is 1. The molecule has 41 heavy (non-hydrogen) atoms. The van der Waals surface area contributed by atoms with E-state index in [1.165, 1.54) is 23.0 Å². The second kappa shape index (κ2) is 12.9. The zero-order valence-corrected chi connectivity index (χ0v) is 24.6. The van der Waals surface area contributed by atoms with Crippen molar-refractivity contribution in [2.24, 2.45) is 5.10 Å². The van der Waals surface area contributed by atoms with E-state index in [0.29, 0.717) is 31.9 Å². The Labute approximate surface area is 248 Å². The van der Waals surface area contributed by atoms with Crippen LogP contribution in [0.3, 0.4) is 0 Å². The van der Waals surface area contributed by atoms with Crippen molar-refractivity contribution < 1.29 is 19.2 Å². The van der Waals surface area contributed by atoms with E-state index in [-0.39, 0.29) is 35.1 Å². The number of halogens is 2. The summed E-state index contributed by atoms with van der Waals surface area (Å²) >= 11 is 9.24. The van der Waals surface area contributed by atoms with Gasteiger partial charge in [-0.1, -0.05) is 41.4 Å². The molecule has 3 aromatic carbocycles. The van der Waals surface area contributed by atoms with Crippen molar-refractivity contribution in [2.45, 2.75) is 26.7 Å². The molecule has 0 fully saturated rings. The number of carbonyl (C=O) groups excluding carboxylic acids is 1. The molecule has 0 unspecified atom stereocenters. The zero-order valence-electron chi connectivity index (χ0n) is 22.3. The lowest BCUT2D eigenvalue weighted by Gasteiger charge is -2.14. The minimum absolute atomic E-state index is 0.0411. The van der Waals surface area contributed by atoms with Gasteiger partial charge < -0.3 is 14.8 Å². The van der Waals surface area contributed by atoms with Crippen LogP contribution >= 0.6 is 27.5 Å². The monoisotopic (exact) mass is 641 g/mol. The van der Waals surface area contributed by atoms with E-state index >= 15 is 0 Å². The van der Waals surface area contributed by atoms with E-state index in [2.05, 4.69) is 31.3 Å². The molecule has 1 heterocycles. The lowest BCUT2D eigenvalue weighted by molar-refractivity contribution is -0.385. The van der Waals surface area contributed by atoms with Gasteiger partial charge in [-0.3, -0.25) is 19.7 Å². The van der Waals surface area contributed by atoms with Crippen molar-refractivity contribution in [3.63, 3.8) is 0 Å². The van der Waals surface area contributed by atoms with Crippen molar-refractivity contribution in [3.05, 3.63) is 95.9 Å². The van der Waals surface area contributed by atoms with Gasteiger partial charge in [0.2, 0.25) is 5.75 Å². The summed E-state index contributed by atoms with van der Waals surface area (Å²) < 4.78 is 13.1. The number of nitrogens with one attached hydrogen (secondary N) is 1. The highest BCUT2D eigenvalue weighted by Crippen LogP contribution is 2.38. The summed E-state index contributed by atoms with van der Waals surface area (Å²) in [5.41, 5.74) is 0.468. The Morgan fingerprint density at radius 3 is 2.59 bits per heavy atom. The quantitative estimate of drug-likeness (QED) is 0.125. The van der Waals surface area contributed by atoms with E-state index < -0.39 is 23.1 Å². The maximum atomic E-state index is 13.3. The highest BCUT2D eigenvalue weighted by Gasteiger charge is 2.24. The SMILES string of the molecule is CCOc1cc(C=Nn2c(C(C)C)nc3ccc(Br)cc3c2=O)cc([N+](=O)[O-])c1OCC(=O)Nc1ccc(Cl)cc1. The molecule has 0 saturated carbocycles. The number of anilines is 1. The van der Waals surface area contributed by atoms with Crippen molar-refractivity contribution in [3.8, 4) is 11.5 Å². The number of ether oxygens (including phenoxy) is 2. The Morgan fingerprint density at radius 1 is 1.20 bits per heavy atom. The van der Waals surface area contributed by atoms with Gasteiger partial charge in [-0.05, 0) is 55.5 Å². The Hall–Kier alpha value is -4.29. The van der Waals surface area contributed by atoms with Gasteiger partial charge in [-0.15, -0.1) is 0 Å². The van der Waals surface area contributed by atoms with Crippen LogP contribution < -0.4 is 20.3 Å². The third-order valence-corrected chi connectivity index (χ3v) is 6.45. The van der Waals surface area contributed by atoms with Crippen LogP contribution in [-0.4, -0.2) is 39.9 Å². The molecule has 1 N–H and O–H groups in total. The van der Waals surface area contributed by atoms with Crippen LogP contribution in [0.1, 0.15) is 38.1 Å². The molecule has 0 aliphatic rings. The molecule has 1 amide bonds. The van der Waals surface area contributed by atoms with Crippen LogP contribution in [0.15, 0.2) is 69.0 Å². The Kier molecular flexibility index (Phi) is 9.35. The first kappa shape index (κ1) is 29.7. The summed E-state index contributed by atoms with van der Waals surface area (Å²) in [5, 5.41) is 19.8. The molecule has 0 atom stereocenters. The average molecular weight is 643 g/mol. The molecule has 0 aliphatic carbocycles. The van der Waals surface area contributed by atoms with Gasteiger partial charge >= 0.3 is 5.69 Å². The summed E-state index contributed by atoms with van der Waals surface area (Å²) in [4.78, 5) is 41.7. The van der Waals surface area contributed by atoms with Crippen molar-refractivity contribution in [1.29, 1.82) is 0 Å². The first-order valence-electron chi connectivity index (χ1n) is 12.5. The summed E-state index contributed by atoms with van der Waals surface area (Å²) in [7, 11) is 0. The van der Waals surface area contributed by atoms with Crippen LogP contribution in [0.25, 0.3) is 10.9 Å². The van der Waals surface area contributed by atoms with Gasteiger partial charge in [0.1, 0.15) is 5.82 Å². The third-order valence-electron chi connectivity index (χ3n) is 5.70. The molecule has 11 nitrogen and oxygen atoms in total. The Balaban J connectivity index is 1.68. The minimum atomic E-state index is -0.646. The predicted octanol–water partition coefficient (Wildman–Crippen LogP) is 6.14. The van der Waals surface area contributed by atoms with Gasteiger partial charge in [-0.25, -0.2) is 4.98 Å². The van der Waals surface area contributed by atoms with Crippen LogP contribution in [0, 0.1) is 10.1 Å². The fourth-order valence-corrected chi connectivity index (χ4v) is 4.36. The van der Waals surface area contributed by atoms with E-state index in [9.17, 15) is 19.7 Å². The van der Waals surface area contributed by atoms with Crippen LogP contribution in [0.4, 0.5) is 11.4 Å². The molecular weight excluding hydrogens is 618 g/mol. The molecule has 0 bridgehead atoms. The fourth-order valence-electron chi connectivity index (χ4n) is 3.87. The van der Waals surface area contributed by atoms with Crippen molar-refractivity contribution >= 4 is 61.9 Å². The third kappa shape index (κ3) is 7.08. The number of aromatic nitrogens is 2. The predicted molar refractivity (Wildman–Crippen MR) is 161 cm³/mol. The van der Waals surface area contributed by atoms with Gasteiger partial charge in [0, 0.05) is 32.7 Å². The summed E-state index contributed by atoms with van der Waals surface area (Å²) in [6.45, 7) is 5.13. The van der Waals surface area contributed by atoms with Gasteiger partial charge in [0.05, 0.1) is 28.6 Å². The number of fused-ring (bicyclic) bond motifs is 1. The van der Waals surface area contributed by atoms with E-state index in [4.69, 9.17) is 21.1 Å². The summed E-state index contributed by atoms with van der Waals surface area (Å²) in [6, 6.07) is 14.4. The largest absolute Gasteiger partial charge is 0.490 e. The topological polar surface area (TPSA) is 138 Å². The molecular formula is C28H25BrClN5O6. The number of amides is 1. The summed E-state index contributed by atoms with van der Waals surface area (Å²) in [5.74, 6) is -0.425. The Bertz CT molecular complexity index is 1710. The maximum Gasteiger partial charge on any atom is 0.315 e. The Morgan fingerprint density at radius 2 is 1.93 bits per heavy atom. The standard InChI is InChI=1S/C28H25BrClN5O6/c1-4-40-24-12-17(14-31-34-27(16(2)3)33-22-10-5-18(29)13-21(22)28(34)37)11-23(35(38)39)26(24)41-15-25(36)32-20-8-6-19(30)7-9-20/h5-14,16H,4,15H2,1-3H3,(H,32,36). The van der Waals surface area contributed by atoms with Crippen LogP contribution in [0.2, 0.25) is 5.02 Å². The number of nitrogens with zero attached hydrogens (tertiary/aromatic N) is 4. The normalized spacial score (nSPS) is 11.3. The molecule has 212 valence electrons. The lowest BCUT2D eigenvalue weighted by Crippen LogP contribution is -2.23.